The molecule has 2 aromatic carbocycles. The molecule has 20 heavy (non-hydrogen) atoms. The number of aromatic nitrogens is 2. The highest BCUT2D eigenvalue weighted by molar-refractivity contribution is 7.98. The zero-order chi connectivity index (χ0) is 13.8. The van der Waals surface area contributed by atoms with Gasteiger partial charge >= 0.3 is 0 Å². The second-order valence-electron chi connectivity index (χ2n) is 4.16. The maximum Gasteiger partial charge on any atom is 0.277 e. The number of benzene rings is 2. The van der Waals surface area contributed by atoms with Crippen molar-refractivity contribution in [3.63, 3.8) is 0 Å². The highest BCUT2D eigenvalue weighted by atomic mass is 35.5. The first-order valence-electron chi connectivity index (χ1n) is 6.07. The Labute approximate surface area is 126 Å². The Balaban J connectivity index is 1.69. The zero-order valence-corrected chi connectivity index (χ0v) is 12.1. The van der Waals surface area contributed by atoms with E-state index in [2.05, 4.69) is 10.2 Å². The molecule has 3 rings (SSSR count). The van der Waals surface area contributed by atoms with E-state index in [1.54, 1.807) is 0 Å². The molecular formula is C15H11ClN2OS. The molecule has 0 unspecified atom stereocenters. The fourth-order valence-electron chi connectivity index (χ4n) is 1.74. The van der Waals surface area contributed by atoms with Crippen molar-refractivity contribution in [3.8, 4) is 11.5 Å². The number of nitrogens with zero attached hydrogens (tertiary/aromatic N) is 2. The first kappa shape index (κ1) is 13.2. The molecule has 3 aromatic rings. The van der Waals surface area contributed by atoms with Gasteiger partial charge in [-0.15, -0.1) is 10.2 Å². The van der Waals surface area contributed by atoms with Crippen molar-refractivity contribution in [1.82, 2.24) is 10.2 Å². The van der Waals surface area contributed by atoms with Crippen LogP contribution < -0.4 is 0 Å². The van der Waals surface area contributed by atoms with Gasteiger partial charge in [-0.25, -0.2) is 0 Å². The maximum atomic E-state index is 5.95. The van der Waals surface area contributed by atoms with Crippen molar-refractivity contribution >= 4 is 23.4 Å². The highest BCUT2D eigenvalue weighted by Crippen LogP contribution is 2.26. The molecule has 0 radical (unpaired) electrons. The molecule has 1 aromatic heterocycles. The molecule has 0 saturated heterocycles. The van der Waals surface area contributed by atoms with Crippen molar-refractivity contribution in [2.24, 2.45) is 0 Å². The molecule has 100 valence electrons. The number of halogens is 1. The smallest absolute Gasteiger partial charge is 0.277 e. The summed E-state index contributed by atoms with van der Waals surface area (Å²) < 4.78 is 5.63. The summed E-state index contributed by atoms with van der Waals surface area (Å²) in [5, 5.41) is 9.39. The number of hydrogen-bond acceptors (Lipinski definition) is 4. The van der Waals surface area contributed by atoms with Gasteiger partial charge in [-0.05, 0) is 29.8 Å². The second-order valence-corrected chi connectivity index (χ2v) is 5.52. The summed E-state index contributed by atoms with van der Waals surface area (Å²) in [6.45, 7) is 0. The van der Waals surface area contributed by atoms with E-state index in [0.717, 1.165) is 21.9 Å². The summed E-state index contributed by atoms with van der Waals surface area (Å²) in [6.07, 6.45) is 0. The Bertz CT molecular complexity index is 700. The van der Waals surface area contributed by atoms with E-state index in [-0.39, 0.29) is 0 Å². The predicted molar refractivity (Wildman–Crippen MR) is 80.7 cm³/mol. The summed E-state index contributed by atoms with van der Waals surface area (Å²) in [5.41, 5.74) is 2.05. The molecule has 0 aliphatic rings. The summed E-state index contributed by atoms with van der Waals surface area (Å²) in [7, 11) is 0. The summed E-state index contributed by atoms with van der Waals surface area (Å²) in [5.74, 6) is 1.29. The van der Waals surface area contributed by atoms with Gasteiger partial charge in [0.05, 0.1) is 0 Å². The molecule has 0 fully saturated rings. The van der Waals surface area contributed by atoms with Crippen LogP contribution in [0.2, 0.25) is 5.02 Å². The van der Waals surface area contributed by atoms with E-state index in [1.807, 2.05) is 54.6 Å². The first-order chi connectivity index (χ1) is 9.81. The monoisotopic (exact) mass is 302 g/mol. The van der Waals surface area contributed by atoms with Gasteiger partial charge < -0.3 is 4.42 Å². The Kier molecular flexibility index (Phi) is 4.04. The summed E-state index contributed by atoms with van der Waals surface area (Å²) >= 11 is 7.45. The molecule has 3 nitrogen and oxygen atoms in total. The topological polar surface area (TPSA) is 38.9 Å². The van der Waals surface area contributed by atoms with Crippen molar-refractivity contribution < 1.29 is 4.42 Å². The third-order valence-electron chi connectivity index (χ3n) is 2.68. The average Bonchev–Trinajstić information content (AvgIpc) is 2.95. The molecule has 0 amide bonds. The van der Waals surface area contributed by atoms with Crippen LogP contribution in [0.3, 0.4) is 0 Å². The van der Waals surface area contributed by atoms with E-state index in [0.29, 0.717) is 11.1 Å². The molecular weight excluding hydrogens is 292 g/mol. The number of rotatable bonds is 4. The lowest BCUT2D eigenvalue weighted by atomic mass is 10.2. The molecule has 1 heterocycles. The van der Waals surface area contributed by atoms with Gasteiger partial charge in [-0.1, -0.05) is 53.7 Å². The Morgan fingerprint density at radius 2 is 1.85 bits per heavy atom. The third-order valence-corrected chi connectivity index (χ3v) is 3.80. The van der Waals surface area contributed by atoms with E-state index in [9.17, 15) is 0 Å². The van der Waals surface area contributed by atoms with E-state index < -0.39 is 0 Å². The van der Waals surface area contributed by atoms with Crippen LogP contribution in [0.4, 0.5) is 0 Å². The van der Waals surface area contributed by atoms with Crippen molar-refractivity contribution in [2.75, 3.05) is 0 Å². The van der Waals surface area contributed by atoms with E-state index in [4.69, 9.17) is 16.0 Å². The second kappa shape index (κ2) is 6.11. The Morgan fingerprint density at radius 3 is 2.65 bits per heavy atom. The van der Waals surface area contributed by atoms with E-state index in [1.165, 1.54) is 11.8 Å². The number of thioether (sulfide) groups is 1. The van der Waals surface area contributed by atoms with Gasteiger partial charge in [0.25, 0.3) is 5.22 Å². The first-order valence-corrected chi connectivity index (χ1v) is 7.44. The fraction of sp³-hybridized carbons (Fsp3) is 0.0667. The van der Waals surface area contributed by atoms with Gasteiger partial charge in [0, 0.05) is 16.3 Å². The van der Waals surface area contributed by atoms with Crippen molar-refractivity contribution in [1.29, 1.82) is 0 Å². The van der Waals surface area contributed by atoms with Crippen LogP contribution in [0, 0.1) is 0 Å². The molecule has 0 aliphatic carbocycles. The van der Waals surface area contributed by atoms with Crippen molar-refractivity contribution in [2.45, 2.75) is 11.0 Å². The lowest BCUT2D eigenvalue weighted by Crippen LogP contribution is -1.80. The summed E-state index contributed by atoms with van der Waals surface area (Å²) in [6, 6.07) is 17.5. The minimum Gasteiger partial charge on any atom is -0.411 e. The van der Waals surface area contributed by atoms with E-state index >= 15 is 0 Å². The number of hydrogen-bond donors (Lipinski definition) is 0. The quantitative estimate of drug-likeness (QED) is 0.656. The van der Waals surface area contributed by atoms with Gasteiger partial charge in [-0.3, -0.25) is 0 Å². The zero-order valence-electron chi connectivity index (χ0n) is 10.5. The van der Waals surface area contributed by atoms with Crippen LogP contribution >= 0.6 is 23.4 Å². The molecule has 5 heteroatoms. The van der Waals surface area contributed by atoms with Gasteiger partial charge in [0.15, 0.2) is 0 Å². The lowest BCUT2D eigenvalue weighted by Gasteiger charge is -1.98. The average molecular weight is 303 g/mol. The minimum absolute atomic E-state index is 0.541. The molecule has 0 bridgehead atoms. The predicted octanol–water partition coefficient (Wildman–Crippen LogP) is 4.68. The fourth-order valence-corrected chi connectivity index (χ4v) is 2.66. The summed E-state index contributed by atoms with van der Waals surface area (Å²) in [4.78, 5) is 0. The molecule has 0 aliphatic heterocycles. The van der Waals surface area contributed by atoms with Crippen LogP contribution in [0.25, 0.3) is 11.5 Å². The maximum absolute atomic E-state index is 5.95. The lowest BCUT2D eigenvalue weighted by molar-refractivity contribution is 0.466. The van der Waals surface area contributed by atoms with Crippen LogP contribution in [0.15, 0.2) is 64.2 Å². The van der Waals surface area contributed by atoms with Gasteiger partial charge in [0.2, 0.25) is 5.89 Å². The van der Waals surface area contributed by atoms with Crippen LogP contribution in [0.1, 0.15) is 5.56 Å². The van der Waals surface area contributed by atoms with Crippen LogP contribution in [0.5, 0.6) is 0 Å². The van der Waals surface area contributed by atoms with Crippen molar-refractivity contribution in [3.05, 3.63) is 65.2 Å². The standard InChI is InChI=1S/C15H11ClN2OS/c16-13-8-4-5-11(9-13)10-20-15-18-17-14(19-15)12-6-2-1-3-7-12/h1-9H,10H2. The van der Waals surface area contributed by atoms with Crippen LogP contribution in [-0.4, -0.2) is 10.2 Å². The minimum atomic E-state index is 0.541. The largest absolute Gasteiger partial charge is 0.411 e. The normalized spacial score (nSPS) is 10.7. The third kappa shape index (κ3) is 3.21. The SMILES string of the molecule is Clc1cccc(CSc2nnc(-c3ccccc3)o2)c1. The Morgan fingerprint density at radius 1 is 1.00 bits per heavy atom. The van der Waals surface area contributed by atoms with Gasteiger partial charge in [0.1, 0.15) is 0 Å². The highest BCUT2D eigenvalue weighted by Gasteiger charge is 2.08. The molecule has 0 saturated carbocycles. The van der Waals surface area contributed by atoms with Crippen LogP contribution in [-0.2, 0) is 5.75 Å². The molecule has 0 atom stereocenters. The molecule has 0 N–H and O–H groups in total. The van der Waals surface area contributed by atoms with Gasteiger partial charge in [-0.2, -0.15) is 0 Å². The Hall–Kier alpha value is -1.78. The molecule has 0 spiro atoms.